The van der Waals surface area contributed by atoms with E-state index in [1.54, 1.807) is 36.4 Å². The Labute approximate surface area is 151 Å². The Balaban J connectivity index is 1.85. The molecule has 26 heavy (non-hydrogen) atoms. The van der Waals surface area contributed by atoms with Gasteiger partial charge in [0.2, 0.25) is 5.91 Å². The summed E-state index contributed by atoms with van der Waals surface area (Å²) in [6.45, 7) is 0.145. The first kappa shape index (κ1) is 17.9. The molecule has 1 amide bonds. The summed E-state index contributed by atoms with van der Waals surface area (Å²) in [4.78, 5) is 11.2. The van der Waals surface area contributed by atoms with Crippen LogP contribution in [0, 0.1) is 0 Å². The average molecular weight is 367 g/mol. The summed E-state index contributed by atoms with van der Waals surface area (Å²) in [5.41, 5.74) is 6.47. The molecule has 1 unspecified atom stereocenters. The summed E-state index contributed by atoms with van der Waals surface area (Å²) >= 11 is 0. The van der Waals surface area contributed by atoms with Crippen LogP contribution in [0.5, 0.6) is 5.75 Å². The quantitative estimate of drug-likeness (QED) is 0.643. The van der Waals surface area contributed by atoms with Crippen molar-refractivity contribution in [3.63, 3.8) is 0 Å². The van der Waals surface area contributed by atoms with Crippen LogP contribution in [0.3, 0.4) is 0 Å². The summed E-state index contributed by atoms with van der Waals surface area (Å²) < 4.78 is 24.9. The van der Waals surface area contributed by atoms with Gasteiger partial charge in [0.05, 0.1) is 11.9 Å². The van der Waals surface area contributed by atoms with Crippen LogP contribution in [0.25, 0.3) is 0 Å². The monoisotopic (exact) mass is 367 g/mol. The lowest BCUT2D eigenvalue weighted by molar-refractivity contribution is 0.100. The number of hydrogen-bond acceptors (Lipinski definition) is 4. The standard InChI is InChI=1S/C20H18NO4P/c21-20(22)17-11-13-18(14-12-17)25-26(23,19-9-5-2-6-10-19)24-15-16-7-3-1-4-8-16/h1-14H,15H2,(H2,21,22). The highest BCUT2D eigenvalue weighted by atomic mass is 31.2. The zero-order valence-electron chi connectivity index (χ0n) is 13.9. The van der Waals surface area contributed by atoms with E-state index in [1.807, 2.05) is 36.4 Å². The molecule has 0 aromatic heterocycles. The Morgan fingerprint density at radius 2 is 1.42 bits per heavy atom. The average Bonchev–Trinajstić information content (AvgIpc) is 2.68. The largest absolute Gasteiger partial charge is 0.421 e. The van der Waals surface area contributed by atoms with Crippen LogP contribution in [-0.2, 0) is 15.7 Å². The molecule has 0 saturated carbocycles. The lowest BCUT2D eigenvalue weighted by Crippen LogP contribution is -2.13. The minimum atomic E-state index is -3.61. The maximum atomic E-state index is 13.4. The molecule has 0 spiro atoms. The molecule has 2 N–H and O–H groups in total. The van der Waals surface area contributed by atoms with E-state index in [1.165, 1.54) is 12.1 Å². The second kappa shape index (κ2) is 8.00. The van der Waals surface area contributed by atoms with Crippen molar-refractivity contribution in [1.82, 2.24) is 0 Å². The van der Waals surface area contributed by atoms with E-state index in [0.29, 0.717) is 16.6 Å². The van der Waals surface area contributed by atoms with Crippen molar-refractivity contribution in [2.24, 2.45) is 5.73 Å². The van der Waals surface area contributed by atoms with E-state index in [9.17, 15) is 9.36 Å². The second-order valence-corrected chi connectivity index (χ2v) is 7.52. The van der Waals surface area contributed by atoms with Crippen molar-refractivity contribution in [1.29, 1.82) is 0 Å². The van der Waals surface area contributed by atoms with E-state index >= 15 is 0 Å². The van der Waals surface area contributed by atoms with Crippen LogP contribution in [0.4, 0.5) is 0 Å². The van der Waals surface area contributed by atoms with Gasteiger partial charge in [-0.25, -0.2) is 4.57 Å². The fraction of sp³-hybridized carbons (Fsp3) is 0.0500. The molecule has 0 aliphatic rings. The van der Waals surface area contributed by atoms with Gasteiger partial charge in [0, 0.05) is 5.56 Å². The van der Waals surface area contributed by atoms with Crippen LogP contribution in [-0.4, -0.2) is 5.91 Å². The molecule has 5 nitrogen and oxygen atoms in total. The van der Waals surface area contributed by atoms with E-state index in [0.717, 1.165) is 5.56 Å². The third-order valence-corrected chi connectivity index (χ3v) is 5.53. The highest BCUT2D eigenvalue weighted by molar-refractivity contribution is 7.62. The van der Waals surface area contributed by atoms with Gasteiger partial charge < -0.3 is 10.3 Å². The lowest BCUT2D eigenvalue weighted by Gasteiger charge is -2.20. The van der Waals surface area contributed by atoms with Crippen molar-refractivity contribution in [3.8, 4) is 5.75 Å². The zero-order chi connectivity index (χ0) is 18.4. The molecule has 3 aromatic rings. The molecule has 0 fully saturated rings. The number of hydrogen-bond donors (Lipinski definition) is 1. The van der Waals surface area contributed by atoms with Gasteiger partial charge in [0.1, 0.15) is 5.75 Å². The lowest BCUT2D eigenvalue weighted by atomic mass is 10.2. The Morgan fingerprint density at radius 1 is 0.846 bits per heavy atom. The Kier molecular flexibility index (Phi) is 5.52. The van der Waals surface area contributed by atoms with Crippen molar-refractivity contribution in [2.75, 3.05) is 0 Å². The minimum absolute atomic E-state index is 0.145. The Bertz CT molecular complexity index is 912. The highest BCUT2D eigenvalue weighted by Crippen LogP contribution is 2.48. The van der Waals surface area contributed by atoms with Crippen molar-refractivity contribution < 1.29 is 18.4 Å². The SMILES string of the molecule is NC(=O)c1ccc(OP(=O)(OCc2ccccc2)c2ccccc2)cc1. The van der Waals surface area contributed by atoms with E-state index in [2.05, 4.69) is 0 Å². The maximum Gasteiger partial charge on any atom is 0.411 e. The Morgan fingerprint density at radius 3 is 2.00 bits per heavy atom. The summed E-state index contributed by atoms with van der Waals surface area (Å²) in [6, 6.07) is 24.3. The first-order chi connectivity index (χ1) is 12.6. The molecule has 6 heteroatoms. The summed E-state index contributed by atoms with van der Waals surface area (Å²) in [7, 11) is -3.61. The predicted molar refractivity (Wildman–Crippen MR) is 101 cm³/mol. The summed E-state index contributed by atoms with van der Waals surface area (Å²) in [5.74, 6) is -0.210. The number of primary amides is 1. The molecule has 0 saturated heterocycles. The normalized spacial score (nSPS) is 12.9. The van der Waals surface area contributed by atoms with Crippen LogP contribution in [0.15, 0.2) is 84.9 Å². The smallest absolute Gasteiger partial charge is 0.411 e. The van der Waals surface area contributed by atoms with Crippen molar-refractivity contribution in [2.45, 2.75) is 6.61 Å². The van der Waals surface area contributed by atoms with Crippen LogP contribution < -0.4 is 15.6 Å². The van der Waals surface area contributed by atoms with Gasteiger partial charge in [0.25, 0.3) is 0 Å². The third kappa shape index (κ3) is 4.39. The molecule has 0 aliphatic heterocycles. The molecular formula is C20H18NO4P. The number of nitrogens with two attached hydrogens (primary N) is 1. The number of carbonyl (C=O) groups is 1. The number of rotatable bonds is 7. The van der Waals surface area contributed by atoms with Gasteiger partial charge in [-0.3, -0.25) is 9.32 Å². The summed E-state index contributed by atoms with van der Waals surface area (Å²) in [6.07, 6.45) is 0. The topological polar surface area (TPSA) is 78.6 Å². The van der Waals surface area contributed by atoms with E-state index in [-0.39, 0.29) is 6.61 Å². The summed E-state index contributed by atoms with van der Waals surface area (Å²) in [5, 5.41) is 0.454. The molecule has 1 atom stereocenters. The zero-order valence-corrected chi connectivity index (χ0v) is 14.8. The first-order valence-electron chi connectivity index (χ1n) is 8.00. The third-order valence-electron chi connectivity index (χ3n) is 3.68. The van der Waals surface area contributed by atoms with Crippen molar-refractivity contribution in [3.05, 3.63) is 96.1 Å². The number of amides is 1. The van der Waals surface area contributed by atoms with Gasteiger partial charge in [0.15, 0.2) is 0 Å². The molecule has 132 valence electrons. The molecule has 0 bridgehead atoms. The fourth-order valence-corrected chi connectivity index (χ4v) is 3.88. The molecule has 3 aromatic carbocycles. The van der Waals surface area contributed by atoms with Gasteiger partial charge >= 0.3 is 7.60 Å². The molecule has 0 heterocycles. The van der Waals surface area contributed by atoms with Crippen LogP contribution in [0.2, 0.25) is 0 Å². The fourth-order valence-electron chi connectivity index (χ4n) is 2.32. The van der Waals surface area contributed by atoms with Crippen LogP contribution >= 0.6 is 7.60 Å². The number of carbonyl (C=O) groups excluding carboxylic acids is 1. The molecule has 0 aliphatic carbocycles. The second-order valence-electron chi connectivity index (χ2n) is 5.57. The highest BCUT2D eigenvalue weighted by Gasteiger charge is 2.29. The predicted octanol–water partition coefficient (Wildman–Crippen LogP) is 3.90. The molecule has 0 radical (unpaired) electrons. The van der Waals surface area contributed by atoms with E-state index in [4.69, 9.17) is 14.8 Å². The van der Waals surface area contributed by atoms with Crippen LogP contribution in [0.1, 0.15) is 15.9 Å². The minimum Gasteiger partial charge on any atom is -0.421 e. The number of benzene rings is 3. The Hall–Kier alpha value is -2.88. The van der Waals surface area contributed by atoms with E-state index < -0.39 is 13.5 Å². The van der Waals surface area contributed by atoms with Crippen molar-refractivity contribution >= 4 is 18.8 Å². The van der Waals surface area contributed by atoms with Gasteiger partial charge in [-0.1, -0.05) is 48.5 Å². The van der Waals surface area contributed by atoms with Gasteiger partial charge in [-0.2, -0.15) is 0 Å². The maximum absolute atomic E-state index is 13.4. The van der Waals surface area contributed by atoms with Gasteiger partial charge in [-0.05, 0) is 42.0 Å². The van der Waals surface area contributed by atoms with Gasteiger partial charge in [-0.15, -0.1) is 0 Å². The first-order valence-corrected chi connectivity index (χ1v) is 9.55. The molecule has 3 rings (SSSR count). The molecular weight excluding hydrogens is 349 g/mol.